The molecule has 1 aliphatic rings. The topological polar surface area (TPSA) is 49.2 Å². The van der Waals surface area contributed by atoms with Crippen molar-refractivity contribution in [3.63, 3.8) is 0 Å². The van der Waals surface area contributed by atoms with Crippen LogP contribution < -0.4 is 10.5 Å². The van der Waals surface area contributed by atoms with Crippen LogP contribution in [0.25, 0.3) is 0 Å². The van der Waals surface area contributed by atoms with Gasteiger partial charge in [0.1, 0.15) is 0 Å². The maximum absolute atomic E-state index is 12.8. The summed E-state index contributed by atoms with van der Waals surface area (Å²) in [5.41, 5.74) is -1.64. The summed E-state index contributed by atoms with van der Waals surface area (Å²) in [7, 11) is 0. The SMILES string of the molecule is O=c1o[nH]c(N2CCc3sccc3C2)c1C(F)(F)F. The van der Waals surface area contributed by atoms with Gasteiger partial charge in [-0.2, -0.15) is 13.2 Å². The highest BCUT2D eigenvalue weighted by Gasteiger charge is 2.41. The average molecular weight is 290 g/mol. The van der Waals surface area contributed by atoms with Crippen LogP contribution in [0.4, 0.5) is 19.0 Å². The van der Waals surface area contributed by atoms with Gasteiger partial charge in [-0.25, -0.2) is 9.95 Å². The summed E-state index contributed by atoms with van der Waals surface area (Å²) in [6, 6.07) is 1.89. The molecular weight excluding hydrogens is 281 g/mol. The Hall–Kier alpha value is -1.70. The van der Waals surface area contributed by atoms with Crippen molar-refractivity contribution in [3.8, 4) is 0 Å². The van der Waals surface area contributed by atoms with Crippen molar-refractivity contribution >= 4 is 17.2 Å². The molecule has 3 heterocycles. The van der Waals surface area contributed by atoms with E-state index in [1.54, 1.807) is 11.3 Å². The molecule has 0 bridgehead atoms. The molecule has 4 nitrogen and oxygen atoms in total. The first-order valence-corrected chi connectivity index (χ1v) is 6.43. The fourth-order valence-corrected chi connectivity index (χ4v) is 3.10. The third kappa shape index (κ3) is 2.05. The van der Waals surface area contributed by atoms with E-state index in [4.69, 9.17) is 0 Å². The quantitative estimate of drug-likeness (QED) is 0.878. The molecule has 0 atom stereocenters. The van der Waals surface area contributed by atoms with Gasteiger partial charge in [0.2, 0.25) is 0 Å². The molecule has 8 heteroatoms. The van der Waals surface area contributed by atoms with Crippen LogP contribution in [0.5, 0.6) is 0 Å². The highest BCUT2D eigenvalue weighted by Crippen LogP contribution is 2.35. The number of hydrogen-bond acceptors (Lipinski definition) is 4. The molecular formula is C11H9F3N2O2S. The van der Waals surface area contributed by atoms with Crippen LogP contribution in [0.15, 0.2) is 20.8 Å². The number of aromatic amines is 1. The molecule has 1 N–H and O–H groups in total. The van der Waals surface area contributed by atoms with Gasteiger partial charge in [-0.05, 0) is 23.4 Å². The predicted octanol–water partition coefficient (Wildman–Crippen LogP) is 2.61. The molecule has 0 saturated heterocycles. The van der Waals surface area contributed by atoms with Crippen molar-refractivity contribution in [3.05, 3.63) is 37.9 Å². The first kappa shape index (κ1) is 12.3. The summed E-state index contributed by atoms with van der Waals surface area (Å²) in [4.78, 5) is 13.8. The summed E-state index contributed by atoms with van der Waals surface area (Å²) < 4.78 is 42.8. The van der Waals surface area contributed by atoms with Gasteiger partial charge in [0.15, 0.2) is 11.4 Å². The van der Waals surface area contributed by atoms with Crippen molar-refractivity contribution in [2.75, 3.05) is 11.4 Å². The molecule has 2 aromatic heterocycles. The molecule has 19 heavy (non-hydrogen) atoms. The standard InChI is InChI=1S/C11H9F3N2O2S/c12-11(13,14)8-9(15-18-10(8)17)16-3-1-7-6(5-16)2-4-19-7/h2,4,15H,1,3,5H2. The lowest BCUT2D eigenvalue weighted by molar-refractivity contribution is -0.138. The van der Waals surface area contributed by atoms with E-state index < -0.39 is 17.4 Å². The van der Waals surface area contributed by atoms with Gasteiger partial charge in [-0.15, -0.1) is 11.3 Å². The van der Waals surface area contributed by atoms with Gasteiger partial charge in [0.05, 0.1) is 0 Å². The molecule has 0 fully saturated rings. The second kappa shape index (κ2) is 4.16. The molecule has 102 valence electrons. The normalized spacial score (nSPS) is 15.6. The third-order valence-corrected chi connectivity index (χ3v) is 4.11. The first-order valence-electron chi connectivity index (χ1n) is 5.55. The van der Waals surface area contributed by atoms with Crippen LogP contribution in [0.2, 0.25) is 0 Å². The summed E-state index contributed by atoms with van der Waals surface area (Å²) in [5.74, 6) is -0.283. The Balaban J connectivity index is 1.99. The Morgan fingerprint density at radius 1 is 1.42 bits per heavy atom. The largest absolute Gasteiger partial charge is 0.427 e. The number of fused-ring (bicyclic) bond motifs is 1. The molecule has 2 aromatic rings. The maximum Gasteiger partial charge on any atom is 0.427 e. The Morgan fingerprint density at radius 2 is 2.21 bits per heavy atom. The summed E-state index contributed by atoms with van der Waals surface area (Å²) in [6.45, 7) is 0.767. The van der Waals surface area contributed by atoms with Crippen molar-refractivity contribution in [2.24, 2.45) is 0 Å². The number of alkyl halides is 3. The number of H-pyrrole nitrogens is 1. The molecule has 0 aliphatic carbocycles. The van der Waals surface area contributed by atoms with E-state index in [1.807, 2.05) is 11.4 Å². The third-order valence-electron chi connectivity index (χ3n) is 3.09. The molecule has 3 rings (SSSR count). The summed E-state index contributed by atoms with van der Waals surface area (Å²) in [6.07, 6.45) is -4.05. The fraction of sp³-hybridized carbons (Fsp3) is 0.364. The Labute approximate surface area is 109 Å². The van der Waals surface area contributed by atoms with Gasteiger partial charge < -0.3 is 9.42 Å². The zero-order chi connectivity index (χ0) is 13.6. The number of rotatable bonds is 1. The molecule has 0 radical (unpaired) electrons. The van der Waals surface area contributed by atoms with Crippen LogP contribution in [-0.2, 0) is 19.1 Å². The minimum absolute atomic E-state index is 0.283. The maximum atomic E-state index is 12.8. The minimum atomic E-state index is -4.72. The zero-order valence-electron chi connectivity index (χ0n) is 9.58. The summed E-state index contributed by atoms with van der Waals surface area (Å²) >= 11 is 1.59. The van der Waals surface area contributed by atoms with E-state index in [1.165, 1.54) is 9.78 Å². The fourth-order valence-electron chi connectivity index (χ4n) is 2.21. The van der Waals surface area contributed by atoms with E-state index in [2.05, 4.69) is 9.68 Å². The number of nitrogens with zero attached hydrogens (tertiary/aromatic N) is 1. The number of aromatic nitrogens is 1. The van der Waals surface area contributed by atoms with Crippen LogP contribution >= 0.6 is 11.3 Å². The highest BCUT2D eigenvalue weighted by molar-refractivity contribution is 7.10. The lowest BCUT2D eigenvalue weighted by Crippen LogP contribution is -2.32. The van der Waals surface area contributed by atoms with E-state index in [-0.39, 0.29) is 5.82 Å². The number of nitrogens with one attached hydrogen (secondary N) is 1. The molecule has 1 aliphatic heterocycles. The van der Waals surface area contributed by atoms with Crippen molar-refractivity contribution in [2.45, 2.75) is 19.1 Å². The number of hydrogen-bond donors (Lipinski definition) is 1. The van der Waals surface area contributed by atoms with E-state index in [0.717, 1.165) is 5.56 Å². The van der Waals surface area contributed by atoms with E-state index >= 15 is 0 Å². The predicted molar refractivity (Wildman–Crippen MR) is 63.4 cm³/mol. The molecule has 0 amide bonds. The van der Waals surface area contributed by atoms with Gasteiger partial charge >= 0.3 is 11.8 Å². The van der Waals surface area contributed by atoms with Gasteiger partial charge in [0.25, 0.3) is 0 Å². The van der Waals surface area contributed by atoms with Crippen LogP contribution in [0.3, 0.4) is 0 Å². The minimum Gasteiger partial charge on any atom is -0.351 e. The number of halogens is 3. The van der Waals surface area contributed by atoms with Gasteiger partial charge in [0, 0.05) is 18.0 Å². The highest BCUT2D eigenvalue weighted by atomic mass is 32.1. The molecule has 0 unspecified atom stereocenters. The van der Waals surface area contributed by atoms with Gasteiger partial charge in [-0.3, -0.25) is 0 Å². The second-order valence-electron chi connectivity index (χ2n) is 4.25. The van der Waals surface area contributed by atoms with Crippen LogP contribution in [0.1, 0.15) is 16.0 Å². The number of anilines is 1. The van der Waals surface area contributed by atoms with Crippen LogP contribution in [-0.4, -0.2) is 11.7 Å². The Bertz CT molecular complexity index is 655. The molecule has 0 spiro atoms. The second-order valence-corrected chi connectivity index (χ2v) is 5.25. The zero-order valence-corrected chi connectivity index (χ0v) is 10.4. The van der Waals surface area contributed by atoms with E-state index in [9.17, 15) is 18.0 Å². The Morgan fingerprint density at radius 3 is 2.95 bits per heavy atom. The van der Waals surface area contributed by atoms with E-state index in [0.29, 0.717) is 19.5 Å². The smallest absolute Gasteiger partial charge is 0.351 e. The first-order chi connectivity index (χ1) is 8.97. The monoisotopic (exact) mass is 290 g/mol. The van der Waals surface area contributed by atoms with Crippen molar-refractivity contribution in [1.29, 1.82) is 0 Å². The van der Waals surface area contributed by atoms with Crippen molar-refractivity contribution in [1.82, 2.24) is 5.16 Å². The Kier molecular flexibility index (Phi) is 2.70. The molecule has 0 saturated carbocycles. The number of thiophene rings is 1. The van der Waals surface area contributed by atoms with Crippen molar-refractivity contribution < 1.29 is 17.7 Å². The lowest BCUT2D eigenvalue weighted by Gasteiger charge is -2.27. The average Bonchev–Trinajstić information content (AvgIpc) is 2.92. The lowest BCUT2D eigenvalue weighted by atomic mass is 10.1. The molecule has 0 aromatic carbocycles. The summed E-state index contributed by atoms with van der Waals surface area (Å²) in [5, 5.41) is 4.01. The van der Waals surface area contributed by atoms with Crippen LogP contribution in [0, 0.1) is 0 Å². The van der Waals surface area contributed by atoms with Gasteiger partial charge in [-0.1, -0.05) is 0 Å².